The molecule has 4 heteroatoms. The van der Waals surface area contributed by atoms with Crippen molar-refractivity contribution in [2.75, 3.05) is 6.54 Å². The van der Waals surface area contributed by atoms with Gasteiger partial charge in [-0.15, -0.1) is 0 Å². The van der Waals surface area contributed by atoms with Crippen LogP contribution in [0.5, 0.6) is 0 Å². The van der Waals surface area contributed by atoms with Crippen LogP contribution in [0.1, 0.15) is 41.4 Å². The van der Waals surface area contributed by atoms with Crippen LogP contribution in [0.3, 0.4) is 0 Å². The maximum Gasteiger partial charge on any atom is 0.254 e. The number of carbonyl (C=O) groups is 1. The highest BCUT2D eigenvalue weighted by Crippen LogP contribution is 2.16. The molecule has 1 aromatic heterocycles. The van der Waals surface area contributed by atoms with Crippen molar-refractivity contribution in [1.29, 1.82) is 0 Å². The number of hydrogen-bond acceptors (Lipinski definition) is 1. The molecule has 1 heterocycles. The molecule has 3 nitrogen and oxygen atoms in total. The molecule has 0 N–H and O–H groups in total. The van der Waals surface area contributed by atoms with E-state index in [0.29, 0.717) is 6.54 Å². The summed E-state index contributed by atoms with van der Waals surface area (Å²) in [5, 5.41) is 0. The summed E-state index contributed by atoms with van der Waals surface area (Å²) in [4.78, 5) is 15.0. The van der Waals surface area contributed by atoms with Crippen LogP contribution >= 0.6 is 15.9 Å². The number of hydrogen-bond donors (Lipinski definition) is 0. The van der Waals surface area contributed by atoms with Gasteiger partial charge in [-0.25, -0.2) is 0 Å². The van der Waals surface area contributed by atoms with E-state index in [1.807, 2.05) is 35.2 Å². The Labute approximate surface area is 169 Å². The Morgan fingerprint density at radius 3 is 2.44 bits per heavy atom. The van der Waals surface area contributed by atoms with Crippen molar-refractivity contribution in [2.45, 2.75) is 32.9 Å². The molecule has 0 aliphatic carbocycles. The number of aromatic nitrogens is 1. The van der Waals surface area contributed by atoms with E-state index in [1.54, 1.807) is 0 Å². The average molecular weight is 425 g/mol. The first-order valence-corrected chi connectivity index (χ1v) is 10.2. The zero-order valence-electron chi connectivity index (χ0n) is 15.6. The van der Waals surface area contributed by atoms with E-state index in [1.165, 1.54) is 5.56 Å². The smallest absolute Gasteiger partial charge is 0.254 e. The SMILES string of the molecule is CCCCN(Cc1cccn1Cc1ccc(Br)cc1)C(=O)c1ccccc1. The van der Waals surface area contributed by atoms with E-state index < -0.39 is 0 Å². The van der Waals surface area contributed by atoms with Crippen LogP contribution in [0.4, 0.5) is 0 Å². The fourth-order valence-electron chi connectivity index (χ4n) is 3.09. The Balaban J connectivity index is 1.77. The molecule has 3 rings (SSSR count). The minimum absolute atomic E-state index is 0.0976. The van der Waals surface area contributed by atoms with E-state index in [2.05, 4.69) is 70.0 Å². The predicted molar refractivity (Wildman–Crippen MR) is 114 cm³/mol. The Morgan fingerprint density at radius 1 is 1.00 bits per heavy atom. The third-order valence-electron chi connectivity index (χ3n) is 4.63. The Bertz CT molecular complexity index is 856. The molecule has 0 radical (unpaired) electrons. The fraction of sp³-hybridized carbons (Fsp3) is 0.261. The molecule has 1 amide bonds. The van der Waals surface area contributed by atoms with Crippen molar-refractivity contribution in [3.05, 3.63) is 94.2 Å². The summed E-state index contributed by atoms with van der Waals surface area (Å²) in [5.41, 5.74) is 3.14. The topological polar surface area (TPSA) is 25.2 Å². The molecule has 2 aromatic carbocycles. The average Bonchev–Trinajstić information content (AvgIpc) is 3.13. The molecule has 0 spiro atoms. The fourth-order valence-corrected chi connectivity index (χ4v) is 3.36. The van der Waals surface area contributed by atoms with Gasteiger partial charge in [-0.05, 0) is 48.4 Å². The molecule has 0 saturated heterocycles. The minimum atomic E-state index is 0.0976. The van der Waals surface area contributed by atoms with Crippen LogP contribution in [0.2, 0.25) is 0 Å². The molecule has 0 fully saturated rings. The van der Waals surface area contributed by atoms with E-state index in [4.69, 9.17) is 0 Å². The molecule has 0 aliphatic rings. The second-order valence-electron chi connectivity index (χ2n) is 6.70. The van der Waals surface area contributed by atoms with Gasteiger partial charge in [0.25, 0.3) is 5.91 Å². The van der Waals surface area contributed by atoms with Gasteiger partial charge in [0.05, 0.1) is 6.54 Å². The van der Waals surface area contributed by atoms with Gasteiger partial charge < -0.3 is 9.47 Å². The second-order valence-corrected chi connectivity index (χ2v) is 7.62. The first kappa shape index (κ1) is 19.4. The lowest BCUT2D eigenvalue weighted by Crippen LogP contribution is -2.32. The van der Waals surface area contributed by atoms with Gasteiger partial charge in [0.2, 0.25) is 0 Å². The molecular formula is C23H25BrN2O. The first-order chi connectivity index (χ1) is 13.2. The number of unbranched alkanes of at least 4 members (excludes halogenated alkanes) is 1. The minimum Gasteiger partial charge on any atom is -0.345 e. The van der Waals surface area contributed by atoms with Crippen LogP contribution < -0.4 is 0 Å². The zero-order valence-corrected chi connectivity index (χ0v) is 17.2. The molecule has 0 saturated carbocycles. The van der Waals surface area contributed by atoms with Crippen LogP contribution in [-0.2, 0) is 13.1 Å². The van der Waals surface area contributed by atoms with Crippen molar-refractivity contribution in [1.82, 2.24) is 9.47 Å². The summed E-state index contributed by atoms with van der Waals surface area (Å²) >= 11 is 3.48. The molecule has 0 unspecified atom stereocenters. The highest BCUT2D eigenvalue weighted by Gasteiger charge is 2.17. The third kappa shape index (κ3) is 5.33. The quantitative estimate of drug-likeness (QED) is 0.452. The highest BCUT2D eigenvalue weighted by atomic mass is 79.9. The van der Waals surface area contributed by atoms with Crippen molar-refractivity contribution < 1.29 is 4.79 Å². The van der Waals surface area contributed by atoms with Gasteiger partial charge in [-0.3, -0.25) is 4.79 Å². The van der Waals surface area contributed by atoms with Crippen molar-refractivity contribution in [2.24, 2.45) is 0 Å². The Kier molecular flexibility index (Phi) is 6.88. The summed E-state index contributed by atoms with van der Waals surface area (Å²) in [6.07, 6.45) is 4.16. The predicted octanol–water partition coefficient (Wildman–Crippen LogP) is 5.74. The van der Waals surface area contributed by atoms with Gasteiger partial charge in [0.1, 0.15) is 0 Å². The molecule has 140 valence electrons. The summed E-state index contributed by atoms with van der Waals surface area (Å²) in [6, 6.07) is 22.1. The molecule has 27 heavy (non-hydrogen) atoms. The summed E-state index contributed by atoms with van der Waals surface area (Å²) in [7, 11) is 0. The van der Waals surface area contributed by atoms with Crippen molar-refractivity contribution in [3.8, 4) is 0 Å². The van der Waals surface area contributed by atoms with Crippen LogP contribution in [0.15, 0.2) is 77.4 Å². The maximum absolute atomic E-state index is 13.0. The Hall–Kier alpha value is -2.33. The largest absolute Gasteiger partial charge is 0.345 e. The van der Waals surface area contributed by atoms with Crippen molar-refractivity contribution >= 4 is 21.8 Å². The van der Waals surface area contributed by atoms with E-state index in [9.17, 15) is 4.79 Å². The van der Waals surface area contributed by atoms with E-state index >= 15 is 0 Å². The van der Waals surface area contributed by atoms with Crippen LogP contribution in [0, 0.1) is 0 Å². The van der Waals surface area contributed by atoms with Gasteiger partial charge in [0.15, 0.2) is 0 Å². The number of rotatable bonds is 8. The van der Waals surface area contributed by atoms with E-state index in [-0.39, 0.29) is 5.91 Å². The molecule has 0 aliphatic heterocycles. The highest BCUT2D eigenvalue weighted by molar-refractivity contribution is 9.10. The van der Waals surface area contributed by atoms with Crippen molar-refractivity contribution in [3.63, 3.8) is 0 Å². The summed E-state index contributed by atoms with van der Waals surface area (Å²) < 4.78 is 3.30. The lowest BCUT2D eigenvalue weighted by atomic mass is 10.1. The van der Waals surface area contributed by atoms with Crippen LogP contribution in [-0.4, -0.2) is 21.9 Å². The Morgan fingerprint density at radius 2 is 1.74 bits per heavy atom. The standard InChI is InChI=1S/C23H25BrN2O/c1-2-3-15-26(23(27)20-8-5-4-6-9-20)18-22-10-7-16-25(22)17-19-11-13-21(24)14-12-19/h4-14,16H,2-3,15,17-18H2,1H3. The van der Waals surface area contributed by atoms with Gasteiger partial charge in [-0.2, -0.15) is 0 Å². The maximum atomic E-state index is 13.0. The lowest BCUT2D eigenvalue weighted by molar-refractivity contribution is 0.0737. The molecular weight excluding hydrogens is 400 g/mol. The number of nitrogens with zero attached hydrogens (tertiary/aromatic N) is 2. The first-order valence-electron chi connectivity index (χ1n) is 9.40. The van der Waals surface area contributed by atoms with E-state index in [0.717, 1.165) is 41.7 Å². The number of carbonyl (C=O) groups excluding carboxylic acids is 1. The number of halogens is 1. The second kappa shape index (κ2) is 9.56. The molecule has 0 atom stereocenters. The monoisotopic (exact) mass is 424 g/mol. The number of amides is 1. The third-order valence-corrected chi connectivity index (χ3v) is 5.16. The normalized spacial score (nSPS) is 10.7. The summed E-state index contributed by atoms with van der Waals surface area (Å²) in [5.74, 6) is 0.0976. The van der Waals surface area contributed by atoms with Gasteiger partial charge in [-0.1, -0.05) is 59.6 Å². The van der Waals surface area contributed by atoms with Gasteiger partial charge >= 0.3 is 0 Å². The lowest BCUT2D eigenvalue weighted by Gasteiger charge is -2.24. The summed E-state index contributed by atoms with van der Waals surface area (Å²) in [6.45, 7) is 4.35. The van der Waals surface area contributed by atoms with Gasteiger partial charge in [0, 0.05) is 35.0 Å². The molecule has 0 bridgehead atoms. The zero-order chi connectivity index (χ0) is 19.1. The number of benzene rings is 2. The molecule has 3 aromatic rings. The van der Waals surface area contributed by atoms with Crippen LogP contribution in [0.25, 0.3) is 0 Å².